The summed E-state index contributed by atoms with van der Waals surface area (Å²) in [6.07, 6.45) is 6.28. The molecule has 2 aromatic carbocycles. The highest BCUT2D eigenvalue weighted by Gasteiger charge is 2.18. The topological polar surface area (TPSA) is 44.3 Å². The monoisotopic (exact) mass is 399 g/mol. The van der Waals surface area contributed by atoms with Crippen molar-refractivity contribution < 1.29 is 0 Å². The predicted molar refractivity (Wildman–Crippen MR) is 125 cm³/mol. The lowest BCUT2D eigenvalue weighted by molar-refractivity contribution is 0.283. The van der Waals surface area contributed by atoms with Gasteiger partial charge in [0.25, 0.3) is 0 Å². The summed E-state index contributed by atoms with van der Waals surface area (Å²) in [6.45, 7) is 7.77. The van der Waals surface area contributed by atoms with Crippen molar-refractivity contribution in [1.82, 2.24) is 14.9 Å². The van der Waals surface area contributed by atoms with E-state index in [0.717, 1.165) is 51.0 Å². The largest absolute Gasteiger partial charge is 0.366 e. The molecule has 1 saturated heterocycles. The molecule has 0 unspecified atom stereocenters. The van der Waals surface area contributed by atoms with E-state index in [1.165, 1.54) is 16.7 Å². The standard InChI is InChI=1S/C25H29N5/c1-21-9-11-23(12-10-21)20-27-24-13-14-26-25(28-24)30-18-16-29(17-19-30)15-5-8-22-6-3-2-4-7-22/h2-14H,15-20H2,1H3,(H,26,27,28)/b8-5+. The Morgan fingerprint density at radius 3 is 2.47 bits per heavy atom. The van der Waals surface area contributed by atoms with Crippen LogP contribution in [0.1, 0.15) is 16.7 Å². The molecule has 3 aromatic rings. The summed E-state index contributed by atoms with van der Waals surface area (Å²) in [5, 5.41) is 3.41. The van der Waals surface area contributed by atoms with E-state index in [1.54, 1.807) is 0 Å². The van der Waals surface area contributed by atoms with Crippen LogP contribution in [0.4, 0.5) is 11.8 Å². The maximum atomic E-state index is 4.73. The summed E-state index contributed by atoms with van der Waals surface area (Å²) in [7, 11) is 0. The summed E-state index contributed by atoms with van der Waals surface area (Å²) in [4.78, 5) is 14.0. The number of nitrogens with zero attached hydrogens (tertiary/aromatic N) is 4. The van der Waals surface area contributed by atoms with Gasteiger partial charge in [0.2, 0.25) is 5.95 Å². The van der Waals surface area contributed by atoms with E-state index >= 15 is 0 Å². The van der Waals surface area contributed by atoms with Gasteiger partial charge in [-0.2, -0.15) is 4.98 Å². The van der Waals surface area contributed by atoms with Crippen LogP contribution in [0.2, 0.25) is 0 Å². The van der Waals surface area contributed by atoms with Gasteiger partial charge in [-0.25, -0.2) is 4.98 Å². The van der Waals surface area contributed by atoms with Crippen LogP contribution in [0.15, 0.2) is 72.9 Å². The second kappa shape index (κ2) is 10.0. The lowest BCUT2D eigenvalue weighted by atomic mass is 10.1. The fourth-order valence-corrected chi connectivity index (χ4v) is 3.53. The van der Waals surface area contributed by atoms with E-state index < -0.39 is 0 Å². The van der Waals surface area contributed by atoms with Gasteiger partial charge in [0.05, 0.1) is 0 Å². The van der Waals surface area contributed by atoms with E-state index in [0.29, 0.717) is 0 Å². The fourth-order valence-electron chi connectivity index (χ4n) is 3.53. The molecule has 1 aromatic heterocycles. The number of anilines is 2. The highest BCUT2D eigenvalue weighted by Crippen LogP contribution is 2.15. The van der Waals surface area contributed by atoms with Crippen LogP contribution in [-0.2, 0) is 6.54 Å². The van der Waals surface area contributed by atoms with Crippen LogP contribution in [0.3, 0.4) is 0 Å². The average molecular weight is 400 g/mol. The van der Waals surface area contributed by atoms with Gasteiger partial charge < -0.3 is 10.2 Å². The molecule has 4 rings (SSSR count). The number of rotatable bonds is 7. The van der Waals surface area contributed by atoms with Crippen molar-refractivity contribution in [2.24, 2.45) is 0 Å². The van der Waals surface area contributed by atoms with Gasteiger partial charge in [-0.15, -0.1) is 0 Å². The Kier molecular flexibility index (Phi) is 6.72. The third-order valence-corrected chi connectivity index (χ3v) is 5.37. The average Bonchev–Trinajstić information content (AvgIpc) is 2.80. The molecule has 154 valence electrons. The van der Waals surface area contributed by atoms with Gasteiger partial charge >= 0.3 is 0 Å². The number of piperazine rings is 1. The summed E-state index contributed by atoms with van der Waals surface area (Å²) in [5.74, 6) is 1.68. The first kappa shape index (κ1) is 20.1. The molecular weight excluding hydrogens is 370 g/mol. The highest BCUT2D eigenvalue weighted by molar-refractivity contribution is 5.49. The Bertz CT molecular complexity index is 945. The van der Waals surface area contributed by atoms with Crippen LogP contribution in [0, 0.1) is 6.92 Å². The minimum Gasteiger partial charge on any atom is -0.366 e. The first-order valence-electron chi connectivity index (χ1n) is 10.6. The third-order valence-electron chi connectivity index (χ3n) is 5.37. The molecule has 0 saturated carbocycles. The Labute approximate surface area is 179 Å². The van der Waals surface area contributed by atoms with E-state index in [9.17, 15) is 0 Å². The molecule has 0 atom stereocenters. The number of hydrogen-bond acceptors (Lipinski definition) is 5. The van der Waals surface area contributed by atoms with Crippen molar-refractivity contribution in [2.45, 2.75) is 13.5 Å². The molecule has 0 spiro atoms. The number of hydrogen-bond donors (Lipinski definition) is 1. The van der Waals surface area contributed by atoms with Crippen LogP contribution in [-0.4, -0.2) is 47.6 Å². The zero-order valence-electron chi connectivity index (χ0n) is 17.5. The Morgan fingerprint density at radius 1 is 0.933 bits per heavy atom. The molecule has 5 heteroatoms. The zero-order valence-corrected chi connectivity index (χ0v) is 17.5. The smallest absolute Gasteiger partial charge is 0.227 e. The van der Waals surface area contributed by atoms with Gasteiger partial charge in [0, 0.05) is 45.5 Å². The summed E-state index contributed by atoms with van der Waals surface area (Å²) in [6, 6.07) is 21.0. The normalized spacial score (nSPS) is 14.9. The molecule has 0 amide bonds. The van der Waals surface area contributed by atoms with Crippen LogP contribution in [0.5, 0.6) is 0 Å². The van der Waals surface area contributed by atoms with Gasteiger partial charge in [0.15, 0.2) is 0 Å². The number of aryl methyl sites for hydroxylation is 1. The number of benzene rings is 2. The van der Waals surface area contributed by atoms with Crippen LogP contribution >= 0.6 is 0 Å². The minimum atomic E-state index is 0.762. The molecule has 1 fully saturated rings. The van der Waals surface area contributed by atoms with Crippen molar-refractivity contribution in [1.29, 1.82) is 0 Å². The Balaban J connectivity index is 1.26. The Morgan fingerprint density at radius 2 is 1.70 bits per heavy atom. The molecule has 0 radical (unpaired) electrons. The first-order valence-corrected chi connectivity index (χ1v) is 10.6. The van der Waals surface area contributed by atoms with E-state index in [4.69, 9.17) is 4.98 Å². The van der Waals surface area contributed by atoms with Crippen LogP contribution < -0.4 is 10.2 Å². The molecule has 30 heavy (non-hydrogen) atoms. The molecule has 1 aliphatic rings. The summed E-state index contributed by atoms with van der Waals surface area (Å²) >= 11 is 0. The summed E-state index contributed by atoms with van der Waals surface area (Å²) in [5.41, 5.74) is 3.77. The second-order valence-corrected chi connectivity index (χ2v) is 7.68. The second-order valence-electron chi connectivity index (χ2n) is 7.68. The third kappa shape index (κ3) is 5.67. The van der Waals surface area contributed by atoms with Crippen molar-refractivity contribution >= 4 is 17.8 Å². The number of aromatic nitrogens is 2. The van der Waals surface area contributed by atoms with E-state index in [-0.39, 0.29) is 0 Å². The van der Waals surface area contributed by atoms with Crippen LogP contribution in [0.25, 0.3) is 6.08 Å². The SMILES string of the molecule is Cc1ccc(CNc2ccnc(N3CCN(C/C=C/c4ccccc4)CC3)n2)cc1. The molecule has 0 aliphatic carbocycles. The molecule has 1 aliphatic heterocycles. The van der Waals surface area contributed by atoms with Crippen molar-refractivity contribution in [2.75, 3.05) is 42.9 Å². The van der Waals surface area contributed by atoms with E-state index in [1.807, 2.05) is 18.3 Å². The van der Waals surface area contributed by atoms with Gasteiger partial charge in [-0.3, -0.25) is 4.90 Å². The lowest BCUT2D eigenvalue weighted by Crippen LogP contribution is -2.47. The molecular formula is C25H29N5. The minimum absolute atomic E-state index is 0.762. The zero-order chi connectivity index (χ0) is 20.6. The van der Waals surface area contributed by atoms with Crippen molar-refractivity contribution in [3.8, 4) is 0 Å². The predicted octanol–water partition coefficient (Wildman–Crippen LogP) is 4.23. The van der Waals surface area contributed by atoms with Gasteiger partial charge in [-0.05, 0) is 24.1 Å². The van der Waals surface area contributed by atoms with E-state index in [2.05, 4.69) is 87.7 Å². The molecule has 2 heterocycles. The van der Waals surface area contributed by atoms with Gasteiger partial charge in [0.1, 0.15) is 5.82 Å². The molecule has 0 bridgehead atoms. The van der Waals surface area contributed by atoms with Crippen molar-refractivity contribution in [3.05, 3.63) is 89.6 Å². The first-order chi connectivity index (χ1) is 14.8. The fraction of sp³-hybridized carbons (Fsp3) is 0.280. The maximum absolute atomic E-state index is 4.73. The number of nitrogens with one attached hydrogen (secondary N) is 1. The summed E-state index contributed by atoms with van der Waals surface area (Å²) < 4.78 is 0. The highest BCUT2D eigenvalue weighted by atomic mass is 15.3. The van der Waals surface area contributed by atoms with Gasteiger partial charge in [-0.1, -0.05) is 72.3 Å². The maximum Gasteiger partial charge on any atom is 0.227 e. The van der Waals surface area contributed by atoms with Crippen molar-refractivity contribution in [3.63, 3.8) is 0 Å². The molecule has 1 N–H and O–H groups in total. The Hall–Kier alpha value is -3.18. The molecule has 5 nitrogen and oxygen atoms in total. The quantitative estimate of drug-likeness (QED) is 0.644. The lowest BCUT2D eigenvalue weighted by Gasteiger charge is -2.34.